The van der Waals surface area contributed by atoms with Crippen LogP contribution in [0, 0.1) is 23.5 Å². The van der Waals surface area contributed by atoms with E-state index in [0.717, 1.165) is 18.6 Å². The Balaban J connectivity index is 2.64. The second-order valence-electron chi connectivity index (χ2n) is 5.08. The van der Waals surface area contributed by atoms with Gasteiger partial charge in [0.15, 0.2) is 0 Å². The van der Waals surface area contributed by atoms with Gasteiger partial charge in [0, 0.05) is 6.42 Å². The van der Waals surface area contributed by atoms with Crippen LogP contribution in [0.4, 0.5) is 14.5 Å². The van der Waals surface area contributed by atoms with E-state index in [2.05, 4.69) is 5.32 Å². The minimum absolute atomic E-state index is 0.0230. The molecule has 0 aliphatic heterocycles. The molecule has 0 spiro atoms. The number of hydrogen-bond acceptors (Lipinski definition) is 2. The highest BCUT2D eigenvalue weighted by Gasteiger charge is 2.17. The molecule has 0 aliphatic rings. The molecule has 1 amide bonds. The Morgan fingerprint density at radius 2 is 1.89 bits per heavy atom. The van der Waals surface area contributed by atoms with E-state index in [9.17, 15) is 13.6 Å². The third-order valence-electron chi connectivity index (χ3n) is 2.84. The molecule has 0 radical (unpaired) electrons. The van der Waals surface area contributed by atoms with E-state index in [1.807, 2.05) is 13.8 Å². The maximum absolute atomic E-state index is 13.4. The van der Waals surface area contributed by atoms with Gasteiger partial charge >= 0.3 is 0 Å². The zero-order chi connectivity index (χ0) is 14.4. The van der Waals surface area contributed by atoms with Gasteiger partial charge in [0.2, 0.25) is 5.91 Å². The maximum Gasteiger partial charge on any atom is 0.224 e. The van der Waals surface area contributed by atoms with E-state index in [1.54, 1.807) is 0 Å². The summed E-state index contributed by atoms with van der Waals surface area (Å²) >= 11 is 0. The van der Waals surface area contributed by atoms with Crippen molar-refractivity contribution in [2.24, 2.45) is 17.6 Å². The van der Waals surface area contributed by atoms with Crippen molar-refractivity contribution in [3.05, 3.63) is 29.8 Å². The Morgan fingerprint density at radius 1 is 1.32 bits per heavy atom. The smallest absolute Gasteiger partial charge is 0.224 e. The van der Waals surface area contributed by atoms with Crippen LogP contribution in [0.2, 0.25) is 0 Å². The first kappa shape index (κ1) is 15.6. The van der Waals surface area contributed by atoms with Gasteiger partial charge in [-0.15, -0.1) is 0 Å². The lowest BCUT2D eigenvalue weighted by Gasteiger charge is -2.16. The number of halogens is 2. The number of benzene rings is 1. The average molecular weight is 270 g/mol. The van der Waals surface area contributed by atoms with Gasteiger partial charge < -0.3 is 11.1 Å². The number of carbonyl (C=O) groups excluding carboxylic acids is 1. The Hall–Kier alpha value is -1.49. The lowest BCUT2D eigenvalue weighted by atomic mass is 9.94. The first-order valence-electron chi connectivity index (χ1n) is 6.38. The van der Waals surface area contributed by atoms with Crippen LogP contribution in [-0.4, -0.2) is 12.5 Å². The van der Waals surface area contributed by atoms with Crippen LogP contribution in [0.5, 0.6) is 0 Å². The Bertz CT molecular complexity index is 415. The fourth-order valence-electron chi connectivity index (χ4n) is 2.00. The van der Waals surface area contributed by atoms with Crippen LogP contribution < -0.4 is 11.1 Å². The van der Waals surface area contributed by atoms with Crippen molar-refractivity contribution in [3.8, 4) is 0 Å². The molecule has 0 bridgehead atoms. The fraction of sp³-hybridized carbons (Fsp3) is 0.500. The maximum atomic E-state index is 13.4. The molecule has 0 aromatic heterocycles. The molecule has 0 heterocycles. The summed E-state index contributed by atoms with van der Waals surface area (Å²) in [7, 11) is 0. The summed E-state index contributed by atoms with van der Waals surface area (Å²) in [6, 6.07) is 3.46. The number of para-hydroxylation sites is 1. The number of carbonyl (C=O) groups is 1. The minimum atomic E-state index is -0.776. The quantitative estimate of drug-likeness (QED) is 0.835. The molecule has 0 saturated heterocycles. The van der Waals surface area contributed by atoms with E-state index < -0.39 is 23.2 Å². The summed E-state index contributed by atoms with van der Waals surface area (Å²) in [5, 5.41) is 2.27. The normalized spacial score (nSPS) is 12.5. The topological polar surface area (TPSA) is 55.1 Å². The zero-order valence-electron chi connectivity index (χ0n) is 11.2. The molecule has 0 aliphatic carbocycles. The number of hydrogen-bond donors (Lipinski definition) is 2. The molecule has 106 valence electrons. The van der Waals surface area contributed by atoms with Crippen molar-refractivity contribution < 1.29 is 13.6 Å². The standard InChI is InChI=1S/C14H20F2N2O/c1-9(2)6-10(8-17)7-13(19)18-14-11(15)4-3-5-12(14)16/h3-5,9-10H,6-8,17H2,1-2H3,(H,18,19)/t10-/m0/s1. The van der Waals surface area contributed by atoms with Gasteiger partial charge in [0.1, 0.15) is 17.3 Å². The molecule has 1 aromatic rings. The van der Waals surface area contributed by atoms with Gasteiger partial charge in [-0.1, -0.05) is 19.9 Å². The molecule has 5 heteroatoms. The Labute approximate surface area is 112 Å². The highest BCUT2D eigenvalue weighted by atomic mass is 19.1. The van der Waals surface area contributed by atoms with E-state index in [-0.39, 0.29) is 12.3 Å². The predicted octanol–water partition coefficient (Wildman–Crippen LogP) is 2.91. The number of amides is 1. The summed E-state index contributed by atoms with van der Waals surface area (Å²) in [4.78, 5) is 11.8. The predicted molar refractivity (Wildman–Crippen MR) is 71.6 cm³/mol. The molecule has 1 rings (SSSR count). The summed E-state index contributed by atoms with van der Waals surface area (Å²) < 4.78 is 26.7. The van der Waals surface area contributed by atoms with Gasteiger partial charge in [-0.25, -0.2) is 8.78 Å². The monoisotopic (exact) mass is 270 g/mol. The molecular weight excluding hydrogens is 250 g/mol. The van der Waals surface area contributed by atoms with Crippen molar-refractivity contribution in [1.82, 2.24) is 0 Å². The summed E-state index contributed by atoms with van der Waals surface area (Å²) in [6.45, 7) is 4.46. The third-order valence-corrected chi connectivity index (χ3v) is 2.84. The second kappa shape index (κ2) is 7.19. The molecule has 0 fully saturated rings. The largest absolute Gasteiger partial charge is 0.330 e. The van der Waals surface area contributed by atoms with E-state index >= 15 is 0 Å². The van der Waals surface area contributed by atoms with Crippen LogP contribution in [0.25, 0.3) is 0 Å². The molecule has 3 N–H and O–H groups in total. The first-order valence-corrected chi connectivity index (χ1v) is 6.38. The SMILES string of the molecule is CC(C)C[C@H](CN)CC(=O)Nc1c(F)cccc1F. The molecule has 0 unspecified atom stereocenters. The van der Waals surface area contributed by atoms with Gasteiger partial charge in [-0.05, 0) is 36.9 Å². The van der Waals surface area contributed by atoms with Gasteiger partial charge in [0.05, 0.1) is 0 Å². The first-order chi connectivity index (χ1) is 8.93. The Morgan fingerprint density at radius 3 is 2.37 bits per heavy atom. The van der Waals surface area contributed by atoms with E-state index in [0.29, 0.717) is 12.5 Å². The minimum Gasteiger partial charge on any atom is -0.330 e. The molecule has 1 atom stereocenters. The lowest BCUT2D eigenvalue weighted by molar-refractivity contribution is -0.117. The summed E-state index contributed by atoms with van der Waals surface area (Å²) in [5.74, 6) is -1.52. The van der Waals surface area contributed by atoms with Crippen molar-refractivity contribution in [3.63, 3.8) is 0 Å². The van der Waals surface area contributed by atoms with Crippen molar-refractivity contribution >= 4 is 11.6 Å². The third kappa shape index (κ3) is 4.95. The van der Waals surface area contributed by atoms with Gasteiger partial charge in [0.25, 0.3) is 0 Å². The van der Waals surface area contributed by atoms with E-state index in [4.69, 9.17) is 5.73 Å². The van der Waals surface area contributed by atoms with Crippen molar-refractivity contribution in [1.29, 1.82) is 0 Å². The lowest BCUT2D eigenvalue weighted by Crippen LogP contribution is -2.24. The average Bonchev–Trinajstić information content (AvgIpc) is 2.32. The number of nitrogens with one attached hydrogen (secondary N) is 1. The molecule has 19 heavy (non-hydrogen) atoms. The Kier molecular flexibility index (Phi) is 5.89. The van der Waals surface area contributed by atoms with Crippen LogP contribution in [0.15, 0.2) is 18.2 Å². The second-order valence-corrected chi connectivity index (χ2v) is 5.08. The van der Waals surface area contributed by atoms with Crippen LogP contribution in [-0.2, 0) is 4.79 Å². The summed E-state index contributed by atoms with van der Waals surface area (Å²) in [5.41, 5.74) is 5.20. The number of rotatable bonds is 6. The zero-order valence-corrected chi connectivity index (χ0v) is 11.2. The molecular formula is C14H20F2N2O. The highest BCUT2D eigenvalue weighted by molar-refractivity contribution is 5.91. The molecule has 1 aromatic carbocycles. The van der Waals surface area contributed by atoms with Crippen molar-refractivity contribution in [2.45, 2.75) is 26.7 Å². The van der Waals surface area contributed by atoms with Crippen LogP contribution in [0.3, 0.4) is 0 Å². The summed E-state index contributed by atoms with van der Waals surface area (Å²) in [6.07, 6.45) is 0.978. The fourth-order valence-corrected chi connectivity index (χ4v) is 2.00. The van der Waals surface area contributed by atoms with Gasteiger partial charge in [-0.2, -0.15) is 0 Å². The van der Waals surface area contributed by atoms with Crippen LogP contribution in [0.1, 0.15) is 26.7 Å². The molecule has 0 saturated carbocycles. The van der Waals surface area contributed by atoms with E-state index in [1.165, 1.54) is 6.07 Å². The number of nitrogens with two attached hydrogens (primary N) is 1. The molecule has 3 nitrogen and oxygen atoms in total. The highest BCUT2D eigenvalue weighted by Crippen LogP contribution is 2.20. The van der Waals surface area contributed by atoms with Gasteiger partial charge in [-0.3, -0.25) is 4.79 Å². The van der Waals surface area contributed by atoms with Crippen molar-refractivity contribution in [2.75, 3.05) is 11.9 Å². The number of anilines is 1. The van der Waals surface area contributed by atoms with Crippen LogP contribution >= 0.6 is 0 Å².